The highest BCUT2D eigenvalue weighted by Gasteiger charge is 2.16. The van der Waals surface area contributed by atoms with Crippen LogP contribution in [0.2, 0.25) is 0 Å². The lowest BCUT2D eigenvalue weighted by Gasteiger charge is -2.08. The van der Waals surface area contributed by atoms with E-state index in [9.17, 15) is 9.18 Å². The number of aryl methyl sites for hydroxylation is 1. The molecule has 0 fully saturated rings. The highest BCUT2D eigenvalue weighted by atomic mass is 19.1. The fourth-order valence-corrected chi connectivity index (χ4v) is 2.97. The number of pyridine rings is 1. The first-order valence-corrected chi connectivity index (χ1v) is 9.19. The zero-order chi connectivity index (χ0) is 21.1. The molecule has 150 valence electrons. The maximum atomic E-state index is 14.3. The summed E-state index contributed by atoms with van der Waals surface area (Å²) in [6.07, 6.45) is 1.57. The number of methoxy groups -OCH3 is 1. The second-order valence-corrected chi connectivity index (χ2v) is 6.58. The number of nitrogens with one attached hydrogen (secondary N) is 1. The third kappa shape index (κ3) is 3.91. The van der Waals surface area contributed by atoms with E-state index in [1.165, 1.54) is 13.2 Å². The molecule has 0 radical (unpaired) electrons. The lowest BCUT2D eigenvalue weighted by Crippen LogP contribution is -2.22. The number of anilines is 1. The Bertz CT molecular complexity index is 1300. The maximum Gasteiger partial charge on any atom is 0.262 e. The average molecular weight is 403 g/mol. The van der Waals surface area contributed by atoms with Gasteiger partial charge in [0.1, 0.15) is 22.9 Å². The molecule has 1 N–H and O–H groups in total. The van der Waals surface area contributed by atoms with Gasteiger partial charge in [-0.1, -0.05) is 24.3 Å². The van der Waals surface area contributed by atoms with Crippen LogP contribution in [0.5, 0.6) is 5.75 Å². The fraction of sp³-hybridized carbons (Fsp3) is 0.0870. The minimum Gasteiger partial charge on any atom is -0.493 e. The summed E-state index contributed by atoms with van der Waals surface area (Å²) in [6, 6.07) is 16.6. The Hall–Kier alpha value is -4.00. The van der Waals surface area contributed by atoms with Gasteiger partial charge in [-0.25, -0.2) is 14.4 Å². The molecule has 0 aliphatic carbocycles. The molecule has 2 aromatic carbocycles. The van der Waals surface area contributed by atoms with E-state index in [2.05, 4.69) is 15.3 Å². The zero-order valence-electron chi connectivity index (χ0n) is 16.3. The number of hydrogen-bond donors (Lipinski definition) is 1. The van der Waals surface area contributed by atoms with Gasteiger partial charge in [0.25, 0.3) is 5.91 Å². The van der Waals surface area contributed by atoms with Gasteiger partial charge in [-0.2, -0.15) is 0 Å². The molecule has 0 unspecified atom stereocenters. The summed E-state index contributed by atoms with van der Waals surface area (Å²) in [4.78, 5) is 21.4. The normalized spacial score (nSPS) is 11.5. The Labute approximate surface area is 171 Å². The number of halogens is 1. The Morgan fingerprint density at radius 1 is 1.13 bits per heavy atom. The monoisotopic (exact) mass is 403 g/mol. The van der Waals surface area contributed by atoms with Crippen molar-refractivity contribution in [3.8, 4) is 5.75 Å². The molecule has 0 saturated heterocycles. The number of fused-ring (bicyclic) bond motifs is 1. The minimum atomic E-state index is -0.521. The molecule has 0 aliphatic heterocycles. The van der Waals surface area contributed by atoms with Crippen molar-refractivity contribution in [2.75, 3.05) is 12.4 Å². The van der Waals surface area contributed by atoms with Gasteiger partial charge in [0.05, 0.1) is 7.11 Å². The van der Waals surface area contributed by atoms with E-state index in [1.807, 2.05) is 6.92 Å². The van der Waals surface area contributed by atoms with Gasteiger partial charge in [-0.3, -0.25) is 4.79 Å². The minimum absolute atomic E-state index is 0.0371. The predicted molar refractivity (Wildman–Crippen MR) is 111 cm³/mol. The van der Waals surface area contributed by atoms with Gasteiger partial charge < -0.3 is 14.5 Å². The van der Waals surface area contributed by atoms with Gasteiger partial charge in [0.2, 0.25) is 5.55 Å². The van der Waals surface area contributed by atoms with Gasteiger partial charge >= 0.3 is 0 Å². The van der Waals surface area contributed by atoms with Crippen molar-refractivity contribution in [3.63, 3.8) is 0 Å². The molecule has 0 bridgehead atoms. The van der Waals surface area contributed by atoms with Gasteiger partial charge in [-0.05, 0) is 48.9 Å². The molecule has 6 nitrogen and oxygen atoms in total. The van der Waals surface area contributed by atoms with E-state index in [0.29, 0.717) is 22.5 Å². The van der Waals surface area contributed by atoms with Crippen molar-refractivity contribution in [2.24, 2.45) is 4.99 Å². The van der Waals surface area contributed by atoms with Crippen LogP contribution in [0.3, 0.4) is 0 Å². The topological polar surface area (TPSA) is 76.7 Å². The number of carbonyl (C=O) groups is 1. The number of hydrogen-bond acceptors (Lipinski definition) is 5. The number of ether oxygens (including phenoxy) is 1. The van der Waals surface area contributed by atoms with Gasteiger partial charge in [0, 0.05) is 11.6 Å². The summed E-state index contributed by atoms with van der Waals surface area (Å²) in [5.74, 6) is -0.146. The standard InChI is InChI=1S/C23H18FN3O3/c1-14-9-10-17(24)18(12-14)26-23-16(22(28)27-20-8-3-4-11-25-20)13-15-6-5-7-19(29-2)21(15)30-23/h3-13H,1-2H3,(H,25,27,28). The summed E-state index contributed by atoms with van der Waals surface area (Å²) < 4.78 is 25.6. The summed E-state index contributed by atoms with van der Waals surface area (Å²) in [5.41, 5.74) is 1.40. The third-order valence-electron chi connectivity index (χ3n) is 4.43. The van der Waals surface area contributed by atoms with E-state index in [1.54, 1.807) is 60.8 Å². The van der Waals surface area contributed by atoms with Crippen molar-refractivity contribution >= 4 is 28.4 Å². The summed E-state index contributed by atoms with van der Waals surface area (Å²) in [6.45, 7) is 1.83. The molecule has 30 heavy (non-hydrogen) atoms. The number of nitrogens with zero attached hydrogens (tertiary/aromatic N) is 2. The number of aromatic nitrogens is 1. The average Bonchev–Trinajstić information content (AvgIpc) is 2.76. The van der Waals surface area contributed by atoms with Gasteiger partial charge in [0.15, 0.2) is 11.3 Å². The summed E-state index contributed by atoms with van der Waals surface area (Å²) >= 11 is 0. The van der Waals surface area contributed by atoms with E-state index < -0.39 is 11.7 Å². The van der Waals surface area contributed by atoms with E-state index in [4.69, 9.17) is 9.15 Å². The first kappa shape index (κ1) is 19.3. The molecule has 0 spiro atoms. The van der Waals surface area contributed by atoms with Crippen molar-refractivity contribution in [1.82, 2.24) is 4.98 Å². The van der Waals surface area contributed by atoms with Crippen LogP contribution in [-0.2, 0) is 0 Å². The lowest BCUT2D eigenvalue weighted by atomic mass is 10.1. The second-order valence-electron chi connectivity index (χ2n) is 6.58. The Morgan fingerprint density at radius 3 is 2.77 bits per heavy atom. The Morgan fingerprint density at radius 2 is 2.00 bits per heavy atom. The Kier molecular flexibility index (Phi) is 5.26. The van der Waals surface area contributed by atoms with Crippen LogP contribution in [0.1, 0.15) is 15.9 Å². The Balaban J connectivity index is 1.93. The zero-order valence-corrected chi connectivity index (χ0v) is 16.3. The molecule has 0 saturated carbocycles. The molecule has 2 aromatic heterocycles. The summed E-state index contributed by atoms with van der Waals surface area (Å²) in [5, 5.41) is 3.35. The smallest absolute Gasteiger partial charge is 0.262 e. The van der Waals surface area contributed by atoms with Crippen molar-refractivity contribution < 1.29 is 18.3 Å². The first-order chi connectivity index (χ1) is 14.5. The molecule has 4 aromatic rings. The molecule has 4 rings (SSSR count). The second kappa shape index (κ2) is 8.16. The molecule has 2 heterocycles. The molecule has 0 aliphatic rings. The SMILES string of the molecule is COc1cccc2cc(C(=O)Nc3ccccn3)c(=Nc3cc(C)ccc3F)oc12. The highest BCUT2D eigenvalue weighted by Crippen LogP contribution is 2.25. The predicted octanol–water partition coefficient (Wildman–Crippen LogP) is 4.77. The quantitative estimate of drug-likeness (QED) is 0.533. The first-order valence-electron chi connectivity index (χ1n) is 9.19. The van der Waals surface area contributed by atoms with E-state index in [-0.39, 0.29) is 16.8 Å². The third-order valence-corrected chi connectivity index (χ3v) is 4.43. The molecular weight excluding hydrogens is 385 g/mol. The van der Waals surface area contributed by atoms with Crippen LogP contribution in [-0.4, -0.2) is 18.0 Å². The van der Waals surface area contributed by atoms with Crippen molar-refractivity contribution in [2.45, 2.75) is 6.92 Å². The molecule has 1 amide bonds. The maximum absolute atomic E-state index is 14.3. The number of rotatable bonds is 4. The number of carbonyl (C=O) groups excluding carboxylic acids is 1. The molecule has 0 atom stereocenters. The van der Waals surface area contributed by atoms with Crippen LogP contribution < -0.4 is 15.6 Å². The lowest BCUT2D eigenvalue weighted by molar-refractivity contribution is 0.102. The number of para-hydroxylation sites is 1. The van der Waals surface area contributed by atoms with Crippen LogP contribution in [0.25, 0.3) is 11.0 Å². The van der Waals surface area contributed by atoms with Crippen LogP contribution in [0.4, 0.5) is 15.9 Å². The van der Waals surface area contributed by atoms with Crippen LogP contribution in [0.15, 0.2) is 76.3 Å². The number of amides is 1. The van der Waals surface area contributed by atoms with Crippen molar-refractivity contribution in [1.29, 1.82) is 0 Å². The van der Waals surface area contributed by atoms with Gasteiger partial charge in [-0.15, -0.1) is 0 Å². The van der Waals surface area contributed by atoms with Crippen LogP contribution >= 0.6 is 0 Å². The summed E-state index contributed by atoms with van der Waals surface area (Å²) in [7, 11) is 1.52. The van der Waals surface area contributed by atoms with Crippen molar-refractivity contribution in [3.05, 3.63) is 89.4 Å². The fourth-order valence-electron chi connectivity index (χ4n) is 2.97. The largest absolute Gasteiger partial charge is 0.493 e. The number of benzene rings is 2. The van der Waals surface area contributed by atoms with Crippen LogP contribution in [0, 0.1) is 12.7 Å². The van der Waals surface area contributed by atoms with E-state index in [0.717, 1.165) is 5.56 Å². The highest BCUT2D eigenvalue weighted by molar-refractivity contribution is 6.05. The molecular formula is C23H18FN3O3. The van der Waals surface area contributed by atoms with E-state index >= 15 is 0 Å². The molecule has 7 heteroatoms.